The maximum atomic E-state index is 11.3. The number of hydrogen-bond acceptors (Lipinski definition) is 4. The Morgan fingerprint density at radius 3 is 2.82 bits per heavy atom. The number of fused-ring (bicyclic) bond motifs is 1. The molecule has 0 aliphatic heterocycles. The van der Waals surface area contributed by atoms with Gasteiger partial charge in [-0.05, 0) is 29.9 Å². The molecule has 0 radical (unpaired) electrons. The van der Waals surface area contributed by atoms with Crippen molar-refractivity contribution in [2.75, 3.05) is 0 Å². The van der Waals surface area contributed by atoms with Crippen LogP contribution in [0.15, 0.2) is 30.7 Å². The molecule has 112 valence electrons. The Morgan fingerprint density at radius 2 is 2.14 bits per heavy atom. The molecule has 0 bridgehead atoms. The van der Waals surface area contributed by atoms with Crippen molar-refractivity contribution in [2.24, 2.45) is 5.92 Å². The number of hydrogen-bond donors (Lipinski definition) is 0. The second-order valence-corrected chi connectivity index (χ2v) is 6.14. The van der Waals surface area contributed by atoms with E-state index in [0.29, 0.717) is 18.2 Å². The van der Waals surface area contributed by atoms with Crippen LogP contribution < -0.4 is 0 Å². The van der Waals surface area contributed by atoms with E-state index in [1.165, 1.54) is 18.9 Å². The van der Waals surface area contributed by atoms with Crippen molar-refractivity contribution in [1.82, 2.24) is 24.4 Å². The molecule has 6 nitrogen and oxygen atoms in total. The molecule has 6 heteroatoms. The van der Waals surface area contributed by atoms with E-state index in [2.05, 4.69) is 45.0 Å². The first-order chi connectivity index (χ1) is 10.6. The lowest BCUT2D eigenvalue weighted by Crippen LogP contribution is -2.00. The van der Waals surface area contributed by atoms with E-state index in [-0.39, 0.29) is 5.78 Å². The highest BCUT2D eigenvalue weighted by Crippen LogP contribution is 2.46. The Hall–Kier alpha value is -2.50. The molecule has 0 saturated heterocycles. The summed E-state index contributed by atoms with van der Waals surface area (Å²) in [5.41, 5.74) is 3.59. The molecule has 1 unspecified atom stereocenters. The maximum absolute atomic E-state index is 11.3. The maximum Gasteiger partial charge on any atom is 0.181 e. The molecule has 3 aromatic rings. The van der Waals surface area contributed by atoms with E-state index in [1.54, 1.807) is 10.9 Å². The van der Waals surface area contributed by atoms with Crippen LogP contribution in [0.2, 0.25) is 0 Å². The van der Waals surface area contributed by atoms with Gasteiger partial charge in [0.25, 0.3) is 0 Å². The van der Waals surface area contributed by atoms with Gasteiger partial charge in [-0.25, -0.2) is 9.67 Å². The molecular weight excluding hydrogens is 278 g/mol. The Kier molecular flexibility index (Phi) is 2.85. The Labute approximate surface area is 127 Å². The molecule has 1 saturated carbocycles. The lowest BCUT2D eigenvalue weighted by Gasteiger charge is -1.99. The van der Waals surface area contributed by atoms with Crippen LogP contribution in [0.25, 0.3) is 5.65 Å². The van der Waals surface area contributed by atoms with Crippen molar-refractivity contribution >= 4 is 11.4 Å². The lowest BCUT2D eigenvalue weighted by atomic mass is 10.1. The van der Waals surface area contributed by atoms with E-state index < -0.39 is 0 Å². The zero-order valence-corrected chi connectivity index (χ0v) is 12.6. The number of nitrogens with zero attached hydrogens (tertiary/aromatic N) is 5. The van der Waals surface area contributed by atoms with E-state index in [9.17, 15) is 4.79 Å². The molecule has 1 fully saturated rings. The fourth-order valence-corrected chi connectivity index (χ4v) is 2.85. The molecule has 4 rings (SSSR count). The molecule has 2 atom stereocenters. The third-order valence-corrected chi connectivity index (χ3v) is 4.28. The molecule has 0 amide bonds. The predicted molar refractivity (Wildman–Crippen MR) is 80.8 cm³/mol. The van der Waals surface area contributed by atoms with E-state index in [4.69, 9.17) is 0 Å². The van der Waals surface area contributed by atoms with Gasteiger partial charge in [-0.2, -0.15) is 0 Å². The Morgan fingerprint density at radius 1 is 1.32 bits per heavy atom. The first kappa shape index (κ1) is 13.2. The monoisotopic (exact) mass is 295 g/mol. The van der Waals surface area contributed by atoms with Gasteiger partial charge in [0.15, 0.2) is 5.78 Å². The van der Waals surface area contributed by atoms with Crippen molar-refractivity contribution in [3.63, 3.8) is 0 Å². The fraction of sp³-hybridized carbons (Fsp3) is 0.375. The average molecular weight is 295 g/mol. The summed E-state index contributed by atoms with van der Waals surface area (Å²) in [4.78, 5) is 15.8. The van der Waals surface area contributed by atoms with Crippen molar-refractivity contribution < 1.29 is 4.79 Å². The van der Waals surface area contributed by atoms with Gasteiger partial charge >= 0.3 is 0 Å². The number of carbonyl (C=O) groups excluding carboxylic acids is 1. The summed E-state index contributed by atoms with van der Waals surface area (Å²) in [6.45, 7) is 4.28. The average Bonchev–Trinajstić information content (AvgIpc) is 2.90. The van der Waals surface area contributed by atoms with Gasteiger partial charge < -0.3 is 4.40 Å². The van der Waals surface area contributed by atoms with Crippen LogP contribution in [0, 0.1) is 5.92 Å². The van der Waals surface area contributed by atoms with Gasteiger partial charge in [-0.1, -0.05) is 18.2 Å². The molecule has 0 aromatic carbocycles. The number of Topliss-reactive ketones (excluding diaryl/α,β-unsaturated/α-hetero) is 1. The van der Waals surface area contributed by atoms with Crippen molar-refractivity contribution in [3.05, 3.63) is 47.7 Å². The van der Waals surface area contributed by atoms with E-state index >= 15 is 0 Å². The number of rotatable bonds is 4. The normalized spacial score (nSPS) is 20.5. The molecule has 3 aromatic heterocycles. The van der Waals surface area contributed by atoms with Crippen LogP contribution in [0.4, 0.5) is 0 Å². The fourth-order valence-electron chi connectivity index (χ4n) is 2.85. The highest BCUT2D eigenvalue weighted by atomic mass is 16.1. The van der Waals surface area contributed by atoms with Crippen LogP contribution in [0.1, 0.15) is 47.9 Å². The highest BCUT2D eigenvalue weighted by Gasteiger charge is 2.34. The second-order valence-electron chi connectivity index (χ2n) is 6.14. The third-order valence-electron chi connectivity index (χ3n) is 4.28. The summed E-state index contributed by atoms with van der Waals surface area (Å²) in [7, 11) is 0. The van der Waals surface area contributed by atoms with Crippen molar-refractivity contribution in [3.8, 4) is 0 Å². The second kappa shape index (κ2) is 4.76. The standard InChI is InChI=1S/C16H17N5O/c1-10-5-14(10)12-3-4-16-17-13(7-20(16)6-12)8-21-9-15(11(2)22)18-19-21/h3-4,6-7,9-10,14H,5,8H2,1-2H3/t10-,14?/m1/s1. The van der Waals surface area contributed by atoms with Crippen LogP contribution in [0.5, 0.6) is 0 Å². The quantitative estimate of drug-likeness (QED) is 0.693. The molecule has 0 spiro atoms. The van der Waals surface area contributed by atoms with Gasteiger partial charge in [0.2, 0.25) is 0 Å². The summed E-state index contributed by atoms with van der Waals surface area (Å²) < 4.78 is 3.71. The minimum Gasteiger partial charge on any atom is -0.306 e. The first-order valence-electron chi connectivity index (χ1n) is 7.49. The predicted octanol–water partition coefficient (Wildman–Crippen LogP) is 2.30. The lowest BCUT2D eigenvalue weighted by molar-refractivity contribution is 0.101. The molecule has 3 heterocycles. The SMILES string of the molecule is CC(=O)c1cn(Cc2cn3cc(C4C[C@H]4C)ccc3n2)nn1. The molecule has 1 aliphatic carbocycles. The molecule has 22 heavy (non-hydrogen) atoms. The Bertz CT molecular complexity index is 862. The van der Waals surface area contributed by atoms with Gasteiger partial charge in [-0.3, -0.25) is 4.79 Å². The minimum atomic E-state index is -0.0792. The molecule has 0 N–H and O–H groups in total. The Balaban J connectivity index is 1.60. The van der Waals surface area contributed by atoms with Crippen LogP contribution >= 0.6 is 0 Å². The van der Waals surface area contributed by atoms with Gasteiger partial charge in [-0.15, -0.1) is 5.10 Å². The largest absolute Gasteiger partial charge is 0.306 e. The topological polar surface area (TPSA) is 65.1 Å². The summed E-state index contributed by atoms with van der Waals surface area (Å²) in [5.74, 6) is 1.41. The minimum absolute atomic E-state index is 0.0792. The highest BCUT2D eigenvalue weighted by molar-refractivity contribution is 5.91. The summed E-state index contributed by atoms with van der Waals surface area (Å²) in [5, 5.41) is 7.81. The van der Waals surface area contributed by atoms with Gasteiger partial charge in [0.1, 0.15) is 11.3 Å². The zero-order valence-electron chi connectivity index (χ0n) is 12.6. The van der Waals surface area contributed by atoms with Gasteiger partial charge in [0, 0.05) is 19.3 Å². The summed E-state index contributed by atoms with van der Waals surface area (Å²) in [6.07, 6.45) is 7.12. The van der Waals surface area contributed by atoms with Crippen LogP contribution in [-0.4, -0.2) is 30.2 Å². The summed E-state index contributed by atoms with van der Waals surface area (Å²) >= 11 is 0. The zero-order chi connectivity index (χ0) is 15.3. The van der Waals surface area contributed by atoms with Crippen LogP contribution in [0.3, 0.4) is 0 Å². The molecule has 1 aliphatic rings. The number of pyridine rings is 1. The van der Waals surface area contributed by atoms with Gasteiger partial charge in [0.05, 0.1) is 18.4 Å². The van der Waals surface area contributed by atoms with E-state index in [1.807, 2.05) is 6.20 Å². The number of aromatic nitrogens is 5. The smallest absolute Gasteiger partial charge is 0.181 e. The van der Waals surface area contributed by atoms with E-state index in [0.717, 1.165) is 17.3 Å². The third kappa shape index (κ3) is 2.30. The number of imidazole rings is 1. The van der Waals surface area contributed by atoms with Crippen LogP contribution in [-0.2, 0) is 6.54 Å². The number of ketones is 1. The van der Waals surface area contributed by atoms with Crippen molar-refractivity contribution in [2.45, 2.75) is 32.7 Å². The molecular formula is C16H17N5O. The summed E-state index contributed by atoms with van der Waals surface area (Å²) in [6, 6.07) is 4.23. The van der Waals surface area contributed by atoms with Crippen molar-refractivity contribution in [1.29, 1.82) is 0 Å². The first-order valence-corrected chi connectivity index (χ1v) is 7.49. The number of carbonyl (C=O) groups is 1.